The van der Waals surface area contributed by atoms with Crippen LogP contribution in [-0.4, -0.2) is 29.4 Å². The third kappa shape index (κ3) is 4.97. The van der Waals surface area contributed by atoms with E-state index in [2.05, 4.69) is 0 Å². The van der Waals surface area contributed by atoms with Crippen LogP contribution in [0.1, 0.15) is 32.3 Å². The molecule has 1 fully saturated rings. The van der Waals surface area contributed by atoms with Crippen LogP contribution >= 0.6 is 12.4 Å². The van der Waals surface area contributed by atoms with E-state index in [4.69, 9.17) is 5.73 Å². The molecule has 2 unspecified atom stereocenters. The quantitative estimate of drug-likeness (QED) is 0.877. The van der Waals surface area contributed by atoms with Crippen LogP contribution in [-0.2, 0) is 11.2 Å². The van der Waals surface area contributed by atoms with Gasteiger partial charge >= 0.3 is 0 Å². The minimum atomic E-state index is -0.226. The Morgan fingerprint density at radius 2 is 2.10 bits per heavy atom. The second kappa shape index (κ2) is 7.76. The van der Waals surface area contributed by atoms with Gasteiger partial charge in [-0.15, -0.1) is 12.4 Å². The topological polar surface area (TPSA) is 46.3 Å². The highest BCUT2D eigenvalue weighted by molar-refractivity contribution is 5.85. The molecule has 0 saturated heterocycles. The number of hydrogen-bond acceptors (Lipinski definition) is 2. The number of amides is 1. The van der Waals surface area contributed by atoms with Gasteiger partial charge in [0.1, 0.15) is 5.82 Å². The number of nitrogens with zero attached hydrogens (tertiary/aromatic N) is 1. The Balaban J connectivity index is 0.00000220. The molecule has 0 spiro atoms. The molecule has 0 aliphatic heterocycles. The average Bonchev–Trinajstić information content (AvgIpc) is 3.22. The van der Waals surface area contributed by atoms with E-state index >= 15 is 0 Å². The first-order valence-electron chi connectivity index (χ1n) is 7.29. The summed E-state index contributed by atoms with van der Waals surface area (Å²) < 4.78 is 13.2. The van der Waals surface area contributed by atoms with E-state index in [9.17, 15) is 9.18 Å². The van der Waals surface area contributed by atoms with Gasteiger partial charge in [-0.3, -0.25) is 4.79 Å². The summed E-state index contributed by atoms with van der Waals surface area (Å²) in [7, 11) is 0. The van der Waals surface area contributed by atoms with Gasteiger partial charge in [0.05, 0.1) is 5.92 Å². The van der Waals surface area contributed by atoms with Crippen molar-refractivity contribution in [2.45, 2.75) is 45.2 Å². The Labute approximate surface area is 132 Å². The second-order valence-corrected chi connectivity index (χ2v) is 5.79. The summed E-state index contributed by atoms with van der Waals surface area (Å²) in [6, 6.07) is 6.79. The summed E-state index contributed by atoms with van der Waals surface area (Å²) in [5, 5.41) is 0. The molecule has 118 valence electrons. The molecule has 21 heavy (non-hydrogen) atoms. The monoisotopic (exact) mass is 314 g/mol. The summed E-state index contributed by atoms with van der Waals surface area (Å²) in [4.78, 5) is 14.4. The van der Waals surface area contributed by atoms with Crippen LogP contribution in [0.5, 0.6) is 0 Å². The maximum Gasteiger partial charge on any atom is 0.227 e. The number of carbonyl (C=O) groups is 1. The molecule has 1 aliphatic rings. The largest absolute Gasteiger partial charge is 0.339 e. The molecule has 2 atom stereocenters. The number of halogens is 2. The van der Waals surface area contributed by atoms with E-state index < -0.39 is 0 Å². The molecule has 1 aromatic carbocycles. The predicted octanol–water partition coefficient (Wildman–Crippen LogP) is 2.76. The summed E-state index contributed by atoms with van der Waals surface area (Å²) >= 11 is 0. The third-order valence-electron chi connectivity index (χ3n) is 3.98. The first-order valence-corrected chi connectivity index (χ1v) is 7.29. The molecule has 2 rings (SSSR count). The zero-order chi connectivity index (χ0) is 14.7. The lowest BCUT2D eigenvalue weighted by atomic mass is 10.0. The number of rotatable bonds is 6. The summed E-state index contributed by atoms with van der Waals surface area (Å²) in [6.45, 7) is 4.38. The van der Waals surface area contributed by atoms with Crippen molar-refractivity contribution >= 4 is 18.3 Å². The number of hydrogen-bond donors (Lipinski definition) is 1. The lowest BCUT2D eigenvalue weighted by Gasteiger charge is -2.27. The first-order chi connectivity index (χ1) is 9.49. The fraction of sp³-hybridized carbons (Fsp3) is 0.562. The minimum absolute atomic E-state index is 0. The van der Waals surface area contributed by atoms with Crippen LogP contribution in [0, 0.1) is 11.7 Å². The molecule has 5 heteroatoms. The molecular formula is C16H24ClFN2O. The Kier molecular flexibility index (Phi) is 6.62. The molecule has 1 aromatic rings. The normalized spacial score (nSPS) is 16.8. The highest BCUT2D eigenvalue weighted by Gasteiger charge is 2.34. The van der Waals surface area contributed by atoms with Gasteiger partial charge in [-0.25, -0.2) is 4.39 Å². The molecule has 0 bridgehead atoms. The van der Waals surface area contributed by atoms with E-state index in [0.29, 0.717) is 19.0 Å². The molecule has 2 N–H and O–H groups in total. The smallest absolute Gasteiger partial charge is 0.227 e. The maximum absolute atomic E-state index is 13.2. The highest BCUT2D eigenvalue weighted by Crippen LogP contribution is 2.28. The van der Waals surface area contributed by atoms with Gasteiger partial charge in [-0.1, -0.05) is 19.1 Å². The molecule has 0 heterocycles. The minimum Gasteiger partial charge on any atom is -0.339 e. The van der Waals surface area contributed by atoms with Crippen molar-refractivity contribution in [1.29, 1.82) is 0 Å². The Bertz CT molecular complexity index is 477. The molecule has 1 amide bonds. The zero-order valence-corrected chi connectivity index (χ0v) is 13.4. The van der Waals surface area contributed by atoms with Crippen molar-refractivity contribution in [2.75, 3.05) is 6.54 Å². The van der Waals surface area contributed by atoms with E-state index in [1.165, 1.54) is 12.1 Å². The van der Waals surface area contributed by atoms with Crippen LogP contribution in [0.15, 0.2) is 24.3 Å². The zero-order valence-electron chi connectivity index (χ0n) is 12.6. The van der Waals surface area contributed by atoms with Gasteiger partial charge in [0.25, 0.3) is 0 Å². The van der Waals surface area contributed by atoms with Crippen LogP contribution in [0.2, 0.25) is 0 Å². The van der Waals surface area contributed by atoms with Gasteiger partial charge in [-0.05, 0) is 43.9 Å². The first kappa shape index (κ1) is 17.9. The lowest BCUT2D eigenvalue weighted by Crippen LogP contribution is -2.43. The van der Waals surface area contributed by atoms with Gasteiger partial charge < -0.3 is 10.6 Å². The number of benzene rings is 1. The lowest BCUT2D eigenvalue weighted by molar-refractivity contribution is -0.136. The number of nitrogens with two attached hydrogens (primary N) is 1. The molecular weight excluding hydrogens is 291 g/mol. The van der Waals surface area contributed by atoms with E-state index in [-0.39, 0.29) is 36.1 Å². The van der Waals surface area contributed by atoms with Crippen molar-refractivity contribution in [3.8, 4) is 0 Å². The van der Waals surface area contributed by atoms with Crippen molar-refractivity contribution in [3.05, 3.63) is 35.6 Å². The van der Waals surface area contributed by atoms with Gasteiger partial charge in [0.15, 0.2) is 0 Å². The molecule has 1 saturated carbocycles. The number of carbonyl (C=O) groups excluding carboxylic acids is 1. The Hall–Kier alpha value is -1.13. The molecule has 3 nitrogen and oxygen atoms in total. The Morgan fingerprint density at radius 3 is 2.62 bits per heavy atom. The van der Waals surface area contributed by atoms with E-state index in [1.807, 2.05) is 24.8 Å². The molecule has 1 aliphatic carbocycles. The van der Waals surface area contributed by atoms with Crippen molar-refractivity contribution in [1.82, 2.24) is 4.90 Å². The fourth-order valence-electron chi connectivity index (χ4n) is 2.29. The summed E-state index contributed by atoms with van der Waals surface area (Å²) in [5.41, 5.74) is 6.75. The van der Waals surface area contributed by atoms with Crippen LogP contribution < -0.4 is 5.73 Å². The molecule has 0 radical (unpaired) electrons. The standard InChI is InChI=1S/C16H23FN2O.ClH/c1-11(12(2)18)16(20)19(15-6-7-15)9-8-13-4-3-5-14(17)10-13;/h3-5,10-12,15H,6-9,18H2,1-2H3;1H. The van der Waals surface area contributed by atoms with Gasteiger partial charge in [0.2, 0.25) is 5.91 Å². The van der Waals surface area contributed by atoms with Crippen LogP contribution in [0.3, 0.4) is 0 Å². The summed E-state index contributed by atoms with van der Waals surface area (Å²) in [6.07, 6.45) is 2.83. The molecule has 0 aromatic heterocycles. The van der Waals surface area contributed by atoms with Crippen molar-refractivity contribution in [3.63, 3.8) is 0 Å². The predicted molar refractivity (Wildman–Crippen MR) is 84.9 cm³/mol. The van der Waals surface area contributed by atoms with Crippen molar-refractivity contribution in [2.24, 2.45) is 11.7 Å². The van der Waals surface area contributed by atoms with Crippen LogP contribution in [0.4, 0.5) is 4.39 Å². The average molecular weight is 315 g/mol. The van der Waals surface area contributed by atoms with Gasteiger partial charge in [-0.2, -0.15) is 0 Å². The van der Waals surface area contributed by atoms with Gasteiger partial charge in [0, 0.05) is 18.6 Å². The maximum atomic E-state index is 13.2. The van der Waals surface area contributed by atoms with Crippen LogP contribution in [0.25, 0.3) is 0 Å². The van der Waals surface area contributed by atoms with E-state index in [1.54, 1.807) is 6.07 Å². The van der Waals surface area contributed by atoms with E-state index in [0.717, 1.165) is 18.4 Å². The SMILES string of the molecule is CC(N)C(C)C(=O)N(CCc1cccc(F)c1)C1CC1.Cl. The summed E-state index contributed by atoms with van der Waals surface area (Å²) in [5.74, 6) is -0.266. The third-order valence-corrected chi connectivity index (χ3v) is 3.98. The second-order valence-electron chi connectivity index (χ2n) is 5.79. The fourth-order valence-corrected chi connectivity index (χ4v) is 2.29. The highest BCUT2D eigenvalue weighted by atomic mass is 35.5. The van der Waals surface area contributed by atoms with Crippen molar-refractivity contribution < 1.29 is 9.18 Å². The Morgan fingerprint density at radius 1 is 1.43 bits per heavy atom.